The van der Waals surface area contributed by atoms with Gasteiger partial charge in [-0.05, 0) is 28.1 Å². The smallest absolute Gasteiger partial charge is 0.308 e. The highest BCUT2D eigenvalue weighted by molar-refractivity contribution is 9.10. The fourth-order valence-corrected chi connectivity index (χ4v) is 1.94. The number of carbonyl (C=O) groups is 1. The van der Waals surface area contributed by atoms with Gasteiger partial charge in [-0.1, -0.05) is 0 Å². The van der Waals surface area contributed by atoms with E-state index in [4.69, 9.17) is 9.52 Å². The van der Waals surface area contributed by atoms with Gasteiger partial charge in [-0.25, -0.2) is 4.39 Å². The van der Waals surface area contributed by atoms with Gasteiger partial charge in [0.15, 0.2) is 4.67 Å². The van der Waals surface area contributed by atoms with Gasteiger partial charge < -0.3 is 9.52 Å². The first kappa shape index (κ1) is 10.2. The highest BCUT2D eigenvalue weighted by atomic mass is 79.9. The van der Waals surface area contributed by atoms with Crippen LogP contribution < -0.4 is 0 Å². The molecule has 0 atom stereocenters. The second-order valence-electron chi connectivity index (χ2n) is 3.07. The van der Waals surface area contributed by atoms with Gasteiger partial charge in [0.2, 0.25) is 0 Å². The van der Waals surface area contributed by atoms with Crippen molar-refractivity contribution in [1.29, 1.82) is 0 Å². The van der Waals surface area contributed by atoms with E-state index in [9.17, 15) is 9.18 Å². The lowest BCUT2D eigenvalue weighted by atomic mass is 10.1. The molecule has 2 aromatic rings. The Morgan fingerprint density at radius 3 is 2.93 bits per heavy atom. The lowest BCUT2D eigenvalue weighted by Crippen LogP contribution is -1.99. The summed E-state index contributed by atoms with van der Waals surface area (Å²) in [6.45, 7) is 0. The predicted molar refractivity (Wildman–Crippen MR) is 55.2 cm³/mol. The van der Waals surface area contributed by atoms with Crippen molar-refractivity contribution < 1.29 is 18.7 Å². The number of fused-ring (bicyclic) bond motifs is 1. The first-order chi connectivity index (χ1) is 7.08. The average Bonchev–Trinajstić information content (AvgIpc) is 2.41. The van der Waals surface area contributed by atoms with E-state index in [1.54, 1.807) is 0 Å². The molecule has 0 amide bonds. The number of aliphatic carboxylic acids is 1. The molecule has 0 aliphatic rings. The van der Waals surface area contributed by atoms with E-state index in [0.29, 0.717) is 21.2 Å². The Labute approximate surface area is 92.6 Å². The van der Waals surface area contributed by atoms with Crippen molar-refractivity contribution >= 4 is 32.9 Å². The van der Waals surface area contributed by atoms with Gasteiger partial charge in [-0.15, -0.1) is 0 Å². The maximum absolute atomic E-state index is 12.8. The zero-order chi connectivity index (χ0) is 11.0. The molecular formula is C10H6BrFO3. The second-order valence-corrected chi connectivity index (χ2v) is 3.79. The fourth-order valence-electron chi connectivity index (χ4n) is 1.41. The van der Waals surface area contributed by atoms with Gasteiger partial charge in [0.1, 0.15) is 11.4 Å². The highest BCUT2D eigenvalue weighted by Crippen LogP contribution is 2.30. The molecule has 0 unspecified atom stereocenters. The molecule has 0 fully saturated rings. The molecule has 1 heterocycles. The number of carboxylic acid groups (broad SMARTS) is 1. The number of benzene rings is 1. The molecule has 0 bridgehead atoms. The Bertz CT molecular complexity index is 533. The molecule has 3 nitrogen and oxygen atoms in total. The van der Waals surface area contributed by atoms with E-state index < -0.39 is 11.8 Å². The van der Waals surface area contributed by atoms with E-state index in [0.717, 1.165) is 0 Å². The topological polar surface area (TPSA) is 50.4 Å². The summed E-state index contributed by atoms with van der Waals surface area (Å²) < 4.78 is 18.4. The van der Waals surface area contributed by atoms with Gasteiger partial charge >= 0.3 is 5.97 Å². The summed E-state index contributed by atoms with van der Waals surface area (Å²) >= 11 is 3.11. The lowest BCUT2D eigenvalue weighted by Gasteiger charge is -1.93. The molecule has 1 aromatic carbocycles. The summed E-state index contributed by atoms with van der Waals surface area (Å²) in [5.41, 5.74) is 0.871. The van der Waals surface area contributed by atoms with Crippen LogP contribution in [0.25, 0.3) is 11.0 Å². The van der Waals surface area contributed by atoms with Gasteiger partial charge in [0, 0.05) is 17.0 Å². The number of hydrogen-bond acceptors (Lipinski definition) is 2. The van der Waals surface area contributed by atoms with Crippen molar-refractivity contribution in [1.82, 2.24) is 0 Å². The van der Waals surface area contributed by atoms with Crippen molar-refractivity contribution in [2.45, 2.75) is 6.42 Å². The lowest BCUT2D eigenvalue weighted by molar-refractivity contribution is -0.136. The van der Waals surface area contributed by atoms with Crippen molar-refractivity contribution in [3.63, 3.8) is 0 Å². The normalized spacial score (nSPS) is 10.8. The summed E-state index contributed by atoms with van der Waals surface area (Å²) in [6, 6.07) is 4.01. The number of hydrogen-bond donors (Lipinski definition) is 1. The standard InChI is InChI=1S/C10H6BrFO3/c11-10-7(4-9(13)14)6-2-1-5(12)3-8(6)15-10/h1-3H,4H2,(H,13,14). The summed E-state index contributed by atoms with van der Waals surface area (Å²) in [7, 11) is 0. The zero-order valence-electron chi connectivity index (χ0n) is 7.46. The number of carboxylic acids is 1. The van der Waals surface area contributed by atoms with Gasteiger partial charge in [-0.3, -0.25) is 4.79 Å². The van der Waals surface area contributed by atoms with Gasteiger partial charge in [-0.2, -0.15) is 0 Å². The van der Waals surface area contributed by atoms with Crippen molar-refractivity contribution in [2.75, 3.05) is 0 Å². The third kappa shape index (κ3) is 1.87. The Morgan fingerprint density at radius 1 is 1.53 bits per heavy atom. The number of furan rings is 1. The molecule has 0 saturated heterocycles. The molecule has 15 heavy (non-hydrogen) atoms. The molecule has 0 radical (unpaired) electrons. The maximum atomic E-state index is 12.8. The minimum Gasteiger partial charge on any atom is -0.481 e. The van der Waals surface area contributed by atoms with Crippen LogP contribution in [0.3, 0.4) is 0 Å². The van der Waals surface area contributed by atoms with Crippen LogP contribution in [0.15, 0.2) is 27.3 Å². The largest absolute Gasteiger partial charge is 0.481 e. The number of halogens is 2. The minimum atomic E-state index is -0.956. The zero-order valence-corrected chi connectivity index (χ0v) is 9.04. The van der Waals surface area contributed by atoms with E-state index in [1.807, 2.05) is 0 Å². The summed E-state index contributed by atoms with van der Waals surface area (Å²) in [5, 5.41) is 9.30. The Kier molecular flexibility index (Phi) is 2.48. The maximum Gasteiger partial charge on any atom is 0.308 e. The summed E-state index contributed by atoms with van der Waals surface area (Å²) in [5.74, 6) is -1.37. The van der Waals surface area contributed by atoms with Crippen molar-refractivity contribution in [3.8, 4) is 0 Å². The Balaban J connectivity index is 2.63. The second kappa shape index (κ2) is 3.66. The van der Waals surface area contributed by atoms with Crippen LogP contribution in [0, 0.1) is 5.82 Å². The molecule has 0 aliphatic carbocycles. The highest BCUT2D eigenvalue weighted by Gasteiger charge is 2.15. The Morgan fingerprint density at radius 2 is 2.27 bits per heavy atom. The van der Waals surface area contributed by atoms with Crippen LogP contribution >= 0.6 is 15.9 Å². The molecule has 0 aliphatic heterocycles. The van der Waals surface area contributed by atoms with Crippen LogP contribution in [0.4, 0.5) is 4.39 Å². The minimum absolute atomic E-state index is 0.154. The molecular weight excluding hydrogens is 267 g/mol. The number of rotatable bonds is 2. The quantitative estimate of drug-likeness (QED) is 0.915. The predicted octanol–water partition coefficient (Wildman–Crippen LogP) is 2.96. The van der Waals surface area contributed by atoms with Gasteiger partial charge in [0.25, 0.3) is 0 Å². The van der Waals surface area contributed by atoms with Gasteiger partial charge in [0.05, 0.1) is 6.42 Å². The summed E-state index contributed by atoms with van der Waals surface area (Å²) in [4.78, 5) is 10.6. The average molecular weight is 273 g/mol. The van der Waals surface area contributed by atoms with E-state index in [2.05, 4.69) is 15.9 Å². The molecule has 1 N–H and O–H groups in total. The molecule has 78 valence electrons. The van der Waals surface area contributed by atoms with E-state index in [-0.39, 0.29) is 6.42 Å². The summed E-state index contributed by atoms with van der Waals surface area (Å²) in [6.07, 6.45) is -0.154. The van der Waals surface area contributed by atoms with Crippen molar-refractivity contribution in [3.05, 3.63) is 34.2 Å². The van der Waals surface area contributed by atoms with Crippen LogP contribution in [0.1, 0.15) is 5.56 Å². The van der Waals surface area contributed by atoms with Crippen LogP contribution in [0.5, 0.6) is 0 Å². The van der Waals surface area contributed by atoms with Crippen LogP contribution in [-0.2, 0) is 11.2 Å². The molecule has 0 saturated carbocycles. The first-order valence-electron chi connectivity index (χ1n) is 4.16. The molecule has 1 aromatic heterocycles. The van der Waals surface area contributed by atoms with E-state index in [1.165, 1.54) is 18.2 Å². The third-order valence-electron chi connectivity index (χ3n) is 2.03. The van der Waals surface area contributed by atoms with E-state index >= 15 is 0 Å². The van der Waals surface area contributed by atoms with Crippen LogP contribution in [-0.4, -0.2) is 11.1 Å². The van der Waals surface area contributed by atoms with Crippen molar-refractivity contribution in [2.24, 2.45) is 0 Å². The Hall–Kier alpha value is -1.36. The monoisotopic (exact) mass is 272 g/mol. The SMILES string of the molecule is O=C(O)Cc1c(Br)oc2cc(F)ccc12. The fraction of sp³-hybridized carbons (Fsp3) is 0.100. The molecule has 2 rings (SSSR count). The third-order valence-corrected chi connectivity index (χ3v) is 2.67. The molecule has 5 heteroatoms. The first-order valence-corrected chi connectivity index (χ1v) is 4.95. The molecule has 0 spiro atoms. The van der Waals surface area contributed by atoms with Crippen LogP contribution in [0.2, 0.25) is 0 Å².